The van der Waals surface area contributed by atoms with Crippen molar-refractivity contribution in [1.29, 1.82) is 0 Å². The first kappa shape index (κ1) is 11.1. The SMILES string of the molecule is C=CC(C)c1cc(Cl)ccc1OCC. The highest BCUT2D eigenvalue weighted by Crippen LogP contribution is 2.30. The van der Waals surface area contributed by atoms with E-state index >= 15 is 0 Å². The number of ether oxygens (including phenoxy) is 1. The van der Waals surface area contributed by atoms with Crippen molar-refractivity contribution in [1.82, 2.24) is 0 Å². The van der Waals surface area contributed by atoms with Crippen molar-refractivity contribution in [2.24, 2.45) is 0 Å². The third-order valence-corrected chi connectivity index (χ3v) is 2.35. The fourth-order valence-electron chi connectivity index (χ4n) is 1.29. The number of halogens is 1. The monoisotopic (exact) mass is 210 g/mol. The van der Waals surface area contributed by atoms with E-state index in [1.807, 2.05) is 31.2 Å². The van der Waals surface area contributed by atoms with Crippen LogP contribution in [-0.2, 0) is 0 Å². The predicted octanol–water partition coefficient (Wildman–Crippen LogP) is 4.03. The van der Waals surface area contributed by atoms with Gasteiger partial charge in [0.2, 0.25) is 0 Å². The molecule has 0 aliphatic carbocycles. The summed E-state index contributed by atoms with van der Waals surface area (Å²) in [7, 11) is 0. The molecule has 76 valence electrons. The Morgan fingerprint density at radius 1 is 1.57 bits per heavy atom. The molecule has 1 aromatic carbocycles. The lowest BCUT2D eigenvalue weighted by molar-refractivity contribution is 0.336. The molecular weight excluding hydrogens is 196 g/mol. The van der Waals surface area contributed by atoms with Crippen LogP contribution in [0.1, 0.15) is 25.3 Å². The first-order valence-corrected chi connectivity index (χ1v) is 5.11. The van der Waals surface area contributed by atoms with Crippen LogP contribution in [0.4, 0.5) is 0 Å². The van der Waals surface area contributed by atoms with Crippen LogP contribution < -0.4 is 4.74 Å². The summed E-state index contributed by atoms with van der Waals surface area (Å²) in [6.07, 6.45) is 1.88. The van der Waals surface area contributed by atoms with E-state index < -0.39 is 0 Å². The van der Waals surface area contributed by atoms with E-state index in [1.165, 1.54) is 0 Å². The minimum atomic E-state index is 0.259. The molecule has 0 saturated heterocycles. The zero-order chi connectivity index (χ0) is 10.6. The summed E-state index contributed by atoms with van der Waals surface area (Å²) in [4.78, 5) is 0. The molecule has 2 heteroatoms. The van der Waals surface area contributed by atoms with E-state index in [2.05, 4.69) is 13.5 Å². The highest BCUT2D eigenvalue weighted by atomic mass is 35.5. The minimum Gasteiger partial charge on any atom is -0.494 e. The summed E-state index contributed by atoms with van der Waals surface area (Å²) in [5.41, 5.74) is 1.09. The van der Waals surface area contributed by atoms with Gasteiger partial charge in [0, 0.05) is 16.5 Å². The largest absolute Gasteiger partial charge is 0.494 e. The normalized spacial score (nSPS) is 12.2. The van der Waals surface area contributed by atoms with Gasteiger partial charge in [-0.25, -0.2) is 0 Å². The smallest absolute Gasteiger partial charge is 0.123 e. The quantitative estimate of drug-likeness (QED) is 0.682. The Hall–Kier alpha value is -0.950. The summed E-state index contributed by atoms with van der Waals surface area (Å²) in [6.45, 7) is 8.47. The fourth-order valence-corrected chi connectivity index (χ4v) is 1.47. The lowest BCUT2D eigenvalue weighted by atomic mass is 10.0. The van der Waals surface area contributed by atoms with E-state index in [1.54, 1.807) is 0 Å². The second-order valence-electron chi connectivity index (χ2n) is 3.14. The number of benzene rings is 1. The van der Waals surface area contributed by atoms with Gasteiger partial charge in [-0.05, 0) is 25.1 Å². The maximum atomic E-state index is 5.93. The van der Waals surface area contributed by atoms with Crippen molar-refractivity contribution < 1.29 is 4.74 Å². The van der Waals surface area contributed by atoms with Crippen LogP contribution in [0.3, 0.4) is 0 Å². The fraction of sp³-hybridized carbons (Fsp3) is 0.333. The molecule has 0 amide bonds. The number of rotatable bonds is 4. The summed E-state index contributed by atoms with van der Waals surface area (Å²) in [5.74, 6) is 1.15. The molecule has 0 spiro atoms. The Morgan fingerprint density at radius 3 is 2.86 bits per heavy atom. The van der Waals surface area contributed by atoms with Crippen LogP contribution in [0.5, 0.6) is 5.75 Å². The molecule has 1 nitrogen and oxygen atoms in total. The van der Waals surface area contributed by atoms with E-state index in [4.69, 9.17) is 16.3 Å². The standard InChI is InChI=1S/C12H15ClO/c1-4-9(3)11-8-10(13)6-7-12(11)14-5-2/h4,6-9H,1,5H2,2-3H3. The van der Waals surface area contributed by atoms with Crippen LogP contribution in [-0.4, -0.2) is 6.61 Å². The Balaban J connectivity index is 3.08. The molecule has 0 aliphatic heterocycles. The van der Waals surface area contributed by atoms with Crippen molar-refractivity contribution in [3.8, 4) is 5.75 Å². The Labute approximate surface area is 90.3 Å². The van der Waals surface area contributed by atoms with Gasteiger partial charge in [0.05, 0.1) is 6.61 Å². The zero-order valence-electron chi connectivity index (χ0n) is 8.59. The van der Waals surface area contributed by atoms with Gasteiger partial charge >= 0.3 is 0 Å². The maximum Gasteiger partial charge on any atom is 0.123 e. The molecule has 1 aromatic rings. The highest BCUT2D eigenvalue weighted by Gasteiger charge is 2.08. The summed E-state index contributed by atoms with van der Waals surface area (Å²) in [6, 6.07) is 5.67. The molecule has 1 rings (SSSR count). The van der Waals surface area contributed by atoms with E-state index in [0.29, 0.717) is 6.61 Å². The van der Waals surface area contributed by atoms with Crippen molar-refractivity contribution >= 4 is 11.6 Å². The van der Waals surface area contributed by atoms with E-state index in [-0.39, 0.29) is 5.92 Å². The van der Waals surface area contributed by atoms with Crippen molar-refractivity contribution in [2.45, 2.75) is 19.8 Å². The van der Waals surface area contributed by atoms with E-state index in [9.17, 15) is 0 Å². The molecule has 0 aromatic heterocycles. The van der Waals surface area contributed by atoms with Crippen LogP contribution in [0.15, 0.2) is 30.9 Å². The molecule has 0 fully saturated rings. The first-order valence-electron chi connectivity index (χ1n) is 4.73. The second-order valence-corrected chi connectivity index (χ2v) is 3.58. The number of allylic oxidation sites excluding steroid dienone is 1. The van der Waals surface area contributed by atoms with Crippen LogP contribution in [0.2, 0.25) is 5.02 Å². The van der Waals surface area contributed by atoms with Crippen molar-refractivity contribution in [3.05, 3.63) is 41.4 Å². The molecule has 0 saturated carbocycles. The third kappa shape index (κ3) is 2.52. The molecular formula is C12H15ClO. The molecule has 0 radical (unpaired) electrons. The Bertz CT molecular complexity index is 320. The zero-order valence-corrected chi connectivity index (χ0v) is 9.34. The lowest BCUT2D eigenvalue weighted by Gasteiger charge is -2.13. The average molecular weight is 211 g/mol. The lowest BCUT2D eigenvalue weighted by Crippen LogP contribution is -1.98. The van der Waals surface area contributed by atoms with E-state index in [0.717, 1.165) is 16.3 Å². The Morgan fingerprint density at radius 2 is 2.29 bits per heavy atom. The van der Waals surface area contributed by atoms with Gasteiger partial charge in [-0.3, -0.25) is 0 Å². The third-order valence-electron chi connectivity index (χ3n) is 2.12. The minimum absolute atomic E-state index is 0.259. The van der Waals surface area contributed by atoms with Gasteiger partial charge in [0.15, 0.2) is 0 Å². The molecule has 0 bridgehead atoms. The first-order chi connectivity index (χ1) is 6.69. The summed E-state index contributed by atoms with van der Waals surface area (Å²) < 4.78 is 5.51. The number of hydrogen-bond acceptors (Lipinski definition) is 1. The molecule has 14 heavy (non-hydrogen) atoms. The van der Waals surface area contributed by atoms with Crippen LogP contribution in [0.25, 0.3) is 0 Å². The average Bonchev–Trinajstić information content (AvgIpc) is 2.20. The predicted molar refractivity (Wildman–Crippen MR) is 61.2 cm³/mol. The van der Waals surface area contributed by atoms with Gasteiger partial charge in [0.1, 0.15) is 5.75 Å². The van der Waals surface area contributed by atoms with Crippen molar-refractivity contribution in [2.75, 3.05) is 6.61 Å². The molecule has 0 N–H and O–H groups in total. The van der Waals surface area contributed by atoms with Crippen LogP contribution in [0, 0.1) is 0 Å². The van der Waals surface area contributed by atoms with Gasteiger partial charge in [-0.15, -0.1) is 6.58 Å². The summed E-state index contributed by atoms with van der Waals surface area (Å²) in [5, 5.41) is 0.733. The highest BCUT2D eigenvalue weighted by molar-refractivity contribution is 6.30. The van der Waals surface area contributed by atoms with Gasteiger partial charge < -0.3 is 4.74 Å². The van der Waals surface area contributed by atoms with Crippen LogP contribution >= 0.6 is 11.6 Å². The van der Waals surface area contributed by atoms with Gasteiger partial charge in [-0.2, -0.15) is 0 Å². The molecule has 0 heterocycles. The maximum absolute atomic E-state index is 5.93. The van der Waals surface area contributed by atoms with Gasteiger partial charge in [-0.1, -0.05) is 24.6 Å². The molecule has 1 atom stereocenters. The van der Waals surface area contributed by atoms with Crippen molar-refractivity contribution in [3.63, 3.8) is 0 Å². The summed E-state index contributed by atoms with van der Waals surface area (Å²) >= 11 is 5.93. The topological polar surface area (TPSA) is 9.23 Å². The number of hydrogen-bond donors (Lipinski definition) is 0. The molecule has 0 aliphatic rings. The van der Waals surface area contributed by atoms with Gasteiger partial charge in [0.25, 0.3) is 0 Å². The Kier molecular flexibility index (Phi) is 4.02. The molecule has 1 unspecified atom stereocenters. The second kappa shape index (κ2) is 5.06.